The minimum atomic E-state index is -0.539. The van der Waals surface area contributed by atoms with Crippen molar-refractivity contribution in [3.8, 4) is 5.69 Å². The summed E-state index contributed by atoms with van der Waals surface area (Å²) < 4.78 is 1.88. The first-order valence-corrected chi connectivity index (χ1v) is 10.4. The lowest BCUT2D eigenvalue weighted by Gasteiger charge is -2.33. The van der Waals surface area contributed by atoms with Crippen LogP contribution in [0.4, 0.5) is 0 Å². The van der Waals surface area contributed by atoms with Crippen molar-refractivity contribution in [2.24, 2.45) is 5.73 Å². The number of rotatable bonds is 3. The molecule has 6 nitrogen and oxygen atoms in total. The van der Waals surface area contributed by atoms with Crippen molar-refractivity contribution < 1.29 is 9.59 Å². The van der Waals surface area contributed by atoms with E-state index in [1.807, 2.05) is 28.9 Å². The molecular formula is C21H25ClN4O2. The number of carbonyl (C=O) groups is 2. The molecule has 2 amide bonds. The largest absolute Gasteiger partial charge is 0.368 e. The lowest BCUT2D eigenvalue weighted by Crippen LogP contribution is -2.50. The van der Waals surface area contributed by atoms with Crippen LogP contribution in [0.15, 0.2) is 24.3 Å². The van der Waals surface area contributed by atoms with E-state index in [-0.39, 0.29) is 5.91 Å². The summed E-state index contributed by atoms with van der Waals surface area (Å²) in [6.07, 6.45) is 7.39. The molecule has 0 bridgehead atoms. The highest BCUT2D eigenvalue weighted by molar-refractivity contribution is 6.30. The molecule has 2 N–H and O–H groups in total. The molecule has 1 aliphatic heterocycles. The molecule has 1 fully saturated rings. The van der Waals surface area contributed by atoms with Gasteiger partial charge in [-0.3, -0.25) is 9.59 Å². The van der Waals surface area contributed by atoms with Gasteiger partial charge in [0.05, 0.1) is 5.69 Å². The molecule has 1 aromatic carbocycles. The fourth-order valence-corrected chi connectivity index (χ4v) is 4.48. The van der Waals surface area contributed by atoms with Crippen molar-refractivity contribution in [2.45, 2.75) is 57.4 Å². The topological polar surface area (TPSA) is 81.2 Å². The first-order chi connectivity index (χ1) is 13.6. The van der Waals surface area contributed by atoms with Crippen LogP contribution in [0.1, 0.15) is 60.3 Å². The fraction of sp³-hybridized carbons (Fsp3) is 0.476. The summed E-state index contributed by atoms with van der Waals surface area (Å²) in [4.78, 5) is 26.9. The predicted octanol–water partition coefficient (Wildman–Crippen LogP) is 3.27. The Bertz CT molecular complexity index is 891. The van der Waals surface area contributed by atoms with E-state index in [2.05, 4.69) is 0 Å². The lowest BCUT2D eigenvalue weighted by atomic mass is 10.00. The van der Waals surface area contributed by atoms with Crippen LogP contribution in [0.25, 0.3) is 5.69 Å². The van der Waals surface area contributed by atoms with Crippen molar-refractivity contribution >= 4 is 23.4 Å². The normalized spacial score (nSPS) is 19.8. The maximum absolute atomic E-state index is 13.4. The summed E-state index contributed by atoms with van der Waals surface area (Å²) in [7, 11) is 0. The molecule has 4 rings (SSSR count). The molecule has 2 aliphatic rings. The van der Waals surface area contributed by atoms with Gasteiger partial charge in [-0.25, -0.2) is 4.68 Å². The van der Waals surface area contributed by atoms with E-state index in [1.165, 1.54) is 0 Å². The van der Waals surface area contributed by atoms with Crippen molar-refractivity contribution in [1.29, 1.82) is 0 Å². The molecule has 2 heterocycles. The van der Waals surface area contributed by atoms with Crippen LogP contribution in [0.3, 0.4) is 0 Å². The van der Waals surface area contributed by atoms with Crippen molar-refractivity contribution in [3.05, 3.63) is 46.2 Å². The number of aromatic nitrogens is 2. The number of carbonyl (C=O) groups excluding carboxylic acids is 2. The molecule has 0 radical (unpaired) electrons. The zero-order valence-corrected chi connectivity index (χ0v) is 16.6. The average molecular weight is 401 g/mol. The third-order valence-corrected chi connectivity index (χ3v) is 6.05. The van der Waals surface area contributed by atoms with Gasteiger partial charge in [0, 0.05) is 22.8 Å². The van der Waals surface area contributed by atoms with E-state index in [9.17, 15) is 9.59 Å². The van der Waals surface area contributed by atoms with Crippen LogP contribution in [0.2, 0.25) is 5.02 Å². The summed E-state index contributed by atoms with van der Waals surface area (Å²) in [5.74, 6) is -0.606. The third kappa shape index (κ3) is 3.53. The molecule has 28 heavy (non-hydrogen) atoms. The molecule has 1 aliphatic carbocycles. The number of nitrogens with two attached hydrogens (primary N) is 1. The smallest absolute Gasteiger partial charge is 0.275 e. The highest BCUT2D eigenvalue weighted by Gasteiger charge is 2.35. The standard InChI is InChI=1S/C21H25ClN4O2/c22-14-9-11-15(12-10-14)26-17-7-3-1-2-6-16(17)19(24-26)21(28)25-13-5-4-8-18(25)20(23)27/h9-12,18H,1-8,13H2,(H2,23,27). The van der Waals surface area contributed by atoms with Crippen LogP contribution >= 0.6 is 11.6 Å². The summed E-state index contributed by atoms with van der Waals surface area (Å²) in [5.41, 5.74) is 9.06. The van der Waals surface area contributed by atoms with E-state index in [0.29, 0.717) is 23.7 Å². The number of piperidine rings is 1. The lowest BCUT2D eigenvalue weighted by molar-refractivity contribution is -0.123. The average Bonchev–Trinajstić information content (AvgIpc) is 2.89. The number of likely N-dealkylation sites (tertiary alicyclic amines) is 1. The van der Waals surface area contributed by atoms with E-state index in [4.69, 9.17) is 22.4 Å². The minimum absolute atomic E-state index is 0.172. The van der Waals surface area contributed by atoms with Crippen molar-refractivity contribution in [1.82, 2.24) is 14.7 Å². The van der Waals surface area contributed by atoms with Crippen molar-refractivity contribution in [3.63, 3.8) is 0 Å². The van der Waals surface area contributed by atoms with Crippen LogP contribution in [0, 0.1) is 0 Å². The van der Waals surface area contributed by atoms with Crippen LogP contribution in [-0.2, 0) is 17.6 Å². The Kier molecular flexibility index (Phi) is 5.40. The number of nitrogens with zero attached hydrogens (tertiary/aromatic N) is 3. The Morgan fingerprint density at radius 1 is 1.04 bits per heavy atom. The Balaban J connectivity index is 1.77. The Hall–Kier alpha value is -2.34. The van der Waals surface area contributed by atoms with Gasteiger partial charge in [-0.15, -0.1) is 0 Å². The number of hydrogen-bond acceptors (Lipinski definition) is 3. The number of amides is 2. The zero-order valence-electron chi connectivity index (χ0n) is 15.9. The maximum atomic E-state index is 13.4. The molecule has 1 saturated heterocycles. The molecule has 2 aromatic rings. The van der Waals surface area contributed by atoms with Gasteiger partial charge >= 0.3 is 0 Å². The van der Waals surface area contributed by atoms with E-state index in [1.54, 1.807) is 4.90 Å². The Morgan fingerprint density at radius 3 is 2.54 bits per heavy atom. The van der Waals surface area contributed by atoms with Gasteiger partial charge in [-0.1, -0.05) is 18.0 Å². The Labute approximate surface area is 169 Å². The Morgan fingerprint density at radius 2 is 1.79 bits per heavy atom. The second kappa shape index (κ2) is 7.95. The van der Waals surface area contributed by atoms with Gasteiger partial charge in [0.1, 0.15) is 6.04 Å². The summed E-state index contributed by atoms with van der Waals surface area (Å²) >= 11 is 6.04. The summed E-state index contributed by atoms with van der Waals surface area (Å²) in [5, 5.41) is 5.40. The van der Waals surface area contributed by atoms with E-state index >= 15 is 0 Å². The van der Waals surface area contributed by atoms with E-state index < -0.39 is 11.9 Å². The molecule has 0 spiro atoms. The first-order valence-electron chi connectivity index (χ1n) is 10.0. The van der Waals surface area contributed by atoms with Gasteiger partial charge in [0.25, 0.3) is 5.91 Å². The monoisotopic (exact) mass is 400 g/mol. The highest BCUT2D eigenvalue weighted by Crippen LogP contribution is 2.29. The second-order valence-corrected chi connectivity index (χ2v) is 8.07. The third-order valence-electron chi connectivity index (χ3n) is 5.80. The van der Waals surface area contributed by atoms with Gasteiger partial charge in [0.15, 0.2) is 5.69 Å². The van der Waals surface area contributed by atoms with Gasteiger partial charge in [-0.2, -0.15) is 5.10 Å². The quantitative estimate of drug-likeness (QED) is 0.803. The maximum Gasteiger partial charge on any atom is 0.275 e. The molecule has 1 atom stereocenters. The van der Waals surface area contributed by atoms with Gasteiger partial charge < -0.3 is 10.6 Å². The number of hydrogen-bond donors (Lipinski definition) is 1. The summed E-state index contributed by atoms with van der Waals surface area (Å²) in [6.45, 7) is 0.551. The SMILES string of the molecule is NC(=O)C1CCCCN1C(=O)c1nn(-c2ccc(Cl)cc2)c2c1CCCCC2. The molecular weight excluding hydrogens is 376 g/mol. The molecule has 148 valence electrons. The number of halogens is 1. The van der Waals surface area contributed by atoms with E-state index in [0.717, 1.165) is 61.9 Å². The van der Waals surface area contributed by atoms with Crippen LogP contribution < -0.4 is 5.73 Å². The fourth-order valence-electron chi connectivity index (χ4n) is 4.35. The number of fused-ring (bicyclic) bond motifs is 1. The number of benzene rings is 1. The van der Waals surface area contributed by atoms with Crippen LogP contribution in [-0.4, -0.2) is 39.1 Å². The highest BCUT2D eigenvalue weighted by atomic mass is 35.5. The van der Waals surface area contributed by atoms with Crippen LogP contribution in [0.5, 0.6) is 0 Å². The second-order valence-electron chi connectivity index (χ2n) is 7.64. The molecule has 7 heteroatoms. The van der Waals surface area contributed by atoms with Gasteiger partial charge in [-0.05, 0) is 69.2 Å². The molecule has 1 unspecified atom stereocenters. The predicted molar refractivity (Wildman–Crippen MR) is 108 cm³/mol. The zero-order chi connectivity index (χ0) is 19.7. The summed E-state index contributed by atoms with van der Waals surface area (Å²) in [6, 6.07) is 6.96. The molecule has 0 saturated carbocycles. The van der Waals surface area contributed by atoms with Gasteiger partial charge in [0.2, 0.25) is 5.91 Å². The van der Waals surface area contributed by atoms with Crippen molar-refractivity contribution in [2.75, 3.05) is 6.54 Å². The number of primary amides is 1. The first kappa shape index (κ1) is 19.0. The molecule has 1 aromatic heterocycles. The minimum Gasteiger partial charge on any atom is -0.368 e.